The molecule has 0 amide bonds. The Labute approximate surface area is 231 Å². The number of nitrogens with zero attached hydrogens (tertiary/aromatic N) is 2. The molecule has 0 aliphatic carbocycles. The average molecular weight is 577 g/mol. The molecule has 1 aromatic heterocycles. The van der Waals surface area contributed by atoms with Gasteiger partial charge in [-0.1, -0.05) is 48.5 Å². The minimum Gasteiger partial charge on any atom is -0.461 e. The first-order chi connectivity index (χ1) is 18.9. The summed E-state index contributed by atoms with van der Waals surface area (Å²) in [5.41, 5.74) is -0.339. The predicted molar refractivity (Wildman–Crippen MR) is 146 cm³/mol. The van der Waals surface area contributed by atoms with E-state index in [-0.39, 0.29) is 46.6 Å². The van der Waals surface area contributed by atoms with Crippen LogP contribution in [0.3, 0.4) is 0 Å². The normalized spacial score (nSPS) is 19.6. The first-order valence-electron chi connectivity index (χ1n) is 12.9. The fourth-order valence-electron chi connectivity index (χ4n) is 4.75. The molecular formula is C29H32F3N2O5P. The Balaban J connectivity index is 1.76. The van der Waals surface area contributed by atoms with E-state index in [1.165, 1.54) is 32.0 Å². The van der Waals surface area contributed by atoms with Crippen LogP contribution in [0.5, 0.6) is 0 Å². The van der Waals surface area contributed by atoms with Gasteiger partial charge in [0.25, 0.3) is 0 Å². The number of carbonyl (C=O) groups excluding carboxylic acids is 1. The predicted octanol–water partition coefficient (Wildman–Crippen LogP) is 6.32. The van der Waals surface area contributed by atoms with Crippen LogP contribution in [-0.4, -0.2) is 48.8 Å². The maximum atomic E-state index is 14.2. The summed E-state index contributed by atoms with van der Waals surface area (Å²) in [5.74, 6) is -0.872. The highest BCUT2D eigenvalue weighted by atomic mass is 31.2. The summed E-state index contributed by atoms with van der Waals surface area (Å²) in [6, 6.07) is 14.6. The summed E-state index contributed by atoms with van der Waals surface area (Å²) in [6.45, 7) is 5.79. The summed E-state index contributed by atoms with van der Waals surface area (Å²) < 4.78 is 73.5. The Bertz CT molecular complexity index is 1410. The molecule has 40 heavy (non-hydrogen) atoms. The molecule has 1 aliphatic rings. The van der Waals surface area contributed by atoms with Gasteiger partial charge in [0.05, 0.1) is 40.5 Å². The van der Waals surface area contributed by atoms with Gasteiger partial charge in [-0.2, -0.15) is 13.2 Å². The third kappa shape index (κ3) is 6.63. The van der Waals surface area contributed by atoms with Gasteiger partial charge < -0.3 is 13.8 Å². The molecule has 2 atom stereocenters. The third-order valence-electron chi connectivity index (χ3n) is 6.61. The van der Waals surface area contributed by atoms with Crippen molar-refractivity contribution in [2.45, 2.75) is 46.0 Å². The zero-order chi connectivity index (χ0) is 29.1. The molecule has 7 nitrogen and oxygen atoms in total. The lowest BCUT2D eigenvalue weighted by Gasteiger charge is -2.31. The van der Waals surface area contributed by atoms with Gasteiger partial charge in [0, 0.05) is 18.7 Å². The fraction of sp³-hybridized carbons (Fsp3) is 0.379. The van der Waals surface area contributed by atoms with E-state index in [1.807, 2.05) is 42.3 Å². The highest BCUT2D eigenvalue weighted by Crippen LogP contribution is 2.55. The second kappa shape index (κ2) is 12.2. The average Bonchev–Trinajstić information content (AvgIpc) is 2.88. The van der Waals surface area contributed by atoms with Crippen LogP contribution < -0.4 is 5.30 Å². The van der Waals surface area contributed by atoms with Crippen molar-refractivity contribution in [3.8, 4) is 11.1 Å². The number of carbonyl (C=O) groups is 1. The van der Waals surface area contributed by atoms with Crippen LogP contribution >= 0.6 is 7.60 Å². The summed E-state index contributed by atoms with van der Waals surface area (Å²) in [6.07, 6.45) is -4.76. The van der Waals surface area contributed by atoms with Crippen LogP contribution in [0.4, 0.5) is 13.2 Å². The molecule has 1 fully saturated rings. The van der Waals surface area contributed by atoms with E-state index >= 15 is 0 Å². The second-order valence-electron chi connectivity index (χ2n) is 9.82. The molecule has 1 aliphatic heterocycles. The maximum absolute atomic E-state index is 14.2. The van der Waals surface area contributed by atoms with Crippen molar-refractivity contribution in [3.63, 3.8) is 0 Å². The monoisotopic (exact) mass is 576 g/mol. The lowest BCUT2D eigenvalue weighted by Crippen LogP contribution is -2.29. The molecule has 3 aromatic rings. The molecule has 0 N–H and O–H groups in total. The molecule has 2 unspecified atom stereocenters. The van der Waals surface area contributed by atoms with Crippen molar-refractivity contribution in [3.05, 3.63) is 82.7 Å². The van der Waals surface area contributed by atoms with Crippen LogP contribution in [0.15, 0.2) is 54.6 Å². The first-order valence-corrected chi connectivity index (χ1v) is 14.5. The van der Waals surface area contributed by atoms with E-state index in [1.54, 1.807) is 6.92 Å². The quantitative estimate of drug-likeness (QED) is 0.230. The number of pyridine rings is 1. The van der Waals surface area contributed by atoms with E-state index < -0.39 is 31.4 Å². The molecule has 0 spiro atoms. The van der Waals surface area contributed by atoms with Gasteiger partial charge in [0.2, 0.25) is 0 Å². The summed E-state index contributed by atoms with van der Waals surface area (Å²) in [5, 5.41) is -0.158. The molecule has 11 heteroatoms. The molecule has 4 rings (SSSR count). The largest absolute Gasteiger partial charge is 0.461 e. The number of aromatic nitrogens is 1. The fourth-order valence-corrected chi connectivity index (χ4v) is 6.93. The standard InChI is InChI=1S/C29H32F3N2O5P/c1-19-14-16-38-40(36,39-19)27-21(3)33-20(2)25(26(27)23-12-8-9-13-24(23)29(30,31)32)28(35)37-17-15-34(4)18-22-10-6-5-7-11-22/h5-13,19H,14-18H2,1-4H3. The van der Waals surface area contributed by atoms with Crippen molar-refractivity contribution in [2.24, 2.45) is 0 Å². The van der Waals surface area contributed by atoms with Crippen LogP contribution in [-0.2, 0) is 31.1 Å². The first kappa shape index (κ1) is 29.9. The van der Waals surface area contributed by atoms with Crippen molar-refractivity contribution in [1.29, 1.82) is 0 Å². The van der Waals surface area contributed by atoms with Crippen LogP contribution in [0, 0.1) is 13.8 Å². The van der Waals surface area contributed by atoms with Gasteiger partial charge in [-0.3, -0.25) is 14.4 Å². The second-order valence-corrected chi connectivity index (χ2v) is 11.7. The maximum Gasteiger partial charge on any atom is 0.417 e. The smallest absolute Gasteiger partial charge is 0.417 e. The van der Waals surface area contributed by atoms with E-state index in [2.05, 4.69) is 4.98 Å². The molecule has 0 radical (unpaired) electrons. The Morgan fingerprint density at radius 2 is 1.77 bits per heavy atom. The van der Waals surface area contributed by atoms with Gasteiger partial charge in [0.1, 0.15) is 6.61 Å². The summed E-state index contributed by atoms with van der Waals surface area (Å²) in [4.78, 5) is 19.9. The number of benzene rings is 2. The lowest BCUT2D eigenvalue weighted by molar-refractivity contribution is -0.137. The van der Waals surface area contributed by atoms with Gasteiger partial charge >= 0.3 is 19.7 Å². The molecule has 1 saturated heterocycles. The number of alkyl halides is 3. The van der Waals surface area contributed by atoms with E-state index in [9.17, 15) is 22.5 Å². The van der Waals surface area contributed by atoms with Crippen molar-refractivity contribution in [2.75, 3.05) is 26.8 Å². The number of likely N-dealkylation sites (N-methyl/N-ethyl adjacent to an activating group) is 1. The van der Waals surface area contributed by atoms with Gasteiger partial charge in [-0.25, -0.2) is 4.79 Å². The van der Waals surface area contributed by atoms with Crippen LogP contribution in [0.2, 0.25) is 0 Å². The zero-order valence-electron chi connectivity index (χ0n) is 22.8. The molecular weight excluding hydrogens is 544 g/mol. The number of rotatable bonds is 8. The van der Waals surface area contributed by atoms with Crippen LogP contribution in [0.1, 0.15) is 46.2 Å². The topological polar surface area (TPSA) is 78.0 Å². The van der Waals surface area contributed by atoms with Gasteiger partial charge in [-0.15, -0.1) is 0 Å². The number of halogens is 3. The number of hydrogen-bond donors (Lipinski definition) is 0. The Kier molecular flexibility index (Phi) is 9.15. The minimum atomic E-state index is -4.75. The molecule has 2 aromatic carbocycles. The molecule has 0 bridgehead atoms. The summed E-state index contributed by atoms with van der Waals surface area (Å²) >= 11 is 0. The van der Waals surface area contributed by atoms with E-state index in [0.717, 1.165) is 11.6 Å². The molecule has 2 heterocycles. The highest BCUT2D eigenvalue weighted by Gasteiger charge is 2.43. The lowest BCUT2D eigenvalue weighted by atomic mass is 9.93. The number of hydrogen-bond acceptors (Lipinski definition) is 7. The Hall–Kier alpha value is -3.04. The van der Waals surface area contributed by atoms with Crippen molar-refractivity contribution in [1.82, 2.24) is 9.88 Å². The van der Waals surface area contributed by atoms with Crippen molar-refractivity contribution >= 4 is 18.9 Å². The van der Waals surface area contributed by atoms with Crippen molar-refractivity contribution < 1.29 is 36.3 Å². The number of aryl methyl sites for hydroxylation is 2. The summed E-state index contributed by atoms with van der Waals surface area (Å²) in [7, 11) is -2.28. The SMILES string of the molecule is Cc1nc(C)c(P2(=O)OCCC(C)O2)c(-c2ccccc2C(F)(F)F)c1C(=O)OCCN(C)Cc1ccccc1. The number of ether oxygens (including phenoxy) is 1. The van der Waals surface area contributed by atoms with Gasteiger partial charge in [-0.05, 0) is 51.4 Å². The number of esters is 1. The highest BCUT2D eigenvalue weighted by molar-refractivity contribution is 7.62. The Morgan fingerprint density at radius 1 is 1.10 bits per heavy atom. The Morgan fingerprint density at radius 3 is 2.45 bits per heavy atom. The zero-order valence-corrected chi connectivity index (χ0v) is 23.7. The van der Waals surface area contributed by atoms with E-state index in [4.69, 9.17) is 13.8 Å². The molecule has 0 saturated carbocycles. The minimum absolute atomic E-state index is 0.0210. The third-order valence-corrected chi connectivity index (χ3v) is 8.87. The van der Waals surface area contributed by atoms with Crippen LogP contribution in [0.25, 0.3) is 11.1 Å². The van der Waals surface area contributed by atoms with E-state index in [0.29, 0.717) is 19.5 Å². The molecule has 214 valence electrons. The van der Waals surface area contributed by atoms with Gasteiger partial charge in [0.15, 0.2) is 0 Å².